The number of rotatable bonds is 2. The third-order valence-electron chi connectivity index (χ3n) is 3.21. The molecule has 1 rings (SSSR count). The van der Waals surface area contributed by atoms with Gasteiger partial charge in [-0.1, -0.05) is 0 Å². The van der Waals surface area contributed by atoms with E-state index < -0.39 is 0 Å². The van der Waals surface area contributed by atoms with Crippen molar-refractivity contribution in [1.29, 1.82) is 0 Å². The summed E-state index contributed by atoms with van der Waals surface area (Å²) in [6.07, 6.45) is 2.12. The van der Waals surface area contributed by atoms with Crippen LogP contribution >= 0.6 is 0 Å². The van der Waals surface area contributed by atoms with Gasteiger partial charge in [0.25, 0.3) is 0 Å². The Labute approximate surface area is 86.9 Å². The van der Waals surface area contributed by atoms with Crippen LogP contribution in [0.5, 0.6) is 0 Å². The molecule has 0 saturated carbocycles. The van der Waals surface area contributed by atoms with E-state index in [0.717, 1.165) is 25.9 Å². The number of piperidine rings is 1. The number of hydrogen-bond acceptors (Lipinski definition) is 2. The van der Waals surface area contributed by atoms with Crippen LogP contribution in [-0.2, 0) is 4.79 Å². The zero-order chi connectivity index (χ0) is 10.8. The van der Waals surface area contributed by atoms with Gasteiger partial charge in [-0.05, 0) is 40.2 Å². The van der Waals surface area contributed by atoms with Crippen molar-refractivity contribution in [1.82, 2.24) is 10.2 Å². The molecular weight excluding hydrogens is 176 g/mol. The molecule has 0 aromatic rings. The molecule has 0 aromatic heterocycles. The van der Waals surface area contributed by atoms with Gasteiger partial charge in [-0.15, -0.1) is 0 Å². The predicted octanol–water partition coefficient (Wildman–Crippen LogP) is 1.24. The monoisotopic (exact) mass is 198 g/mol. The van der Waals surface area contributed by atoms with Crippen molar-refractivity contribution in [2.24, 2.45) is 5.41 Å². The fourth-order valence-corrected chi connectivity index (χ4v) is 1.90. The van der Waals surface area contributed by atoms with E-state index in [9.17, 15) is 4.79 Å². The van der Waals surface area contributed by atoms with Gasteiger partial charge < -0.3 is 10.2 Å². The maximum absolute atomic E-state index is 12.1. The quantitative estimate of drug-likeness (QED) is 0.724. The molecule has 1 heterocycles. The molecule has 1 amide bonds. The van der Waals surface area contributed by atoms with Gasteiger partial charge in [-0.25, -0.2) is 0 Å². The van der Waals surface area contributed by atoms with Crippen LogP contribution in [-0.4, -0.2) is 37.0 Å². The standard InChI is InChI=1S/C11H22N2O/c1-9(2)13(4)10(14)11(3)6-5-7-12-8-11/h9,12H,5-8H2,1-4H3. The van der Waals surface area contributed by atoms with Crippen molar-refractivity contribution in [2.75, 3.05) is 20.1 Å². The Bertz CT molecular complexity index is 207. The van der Waals surface area contributed by atoms with Gasteiger partial charge in [0.2, 0.25) is 5.91 Å². The van der Waals surface area contributed by atoms with Gasteiger partial charge >= 0.3 is 0 Å². The Hall–Kier alpha value is -0.570. The number of nitrogens with one attached hydrogen (secondary N) is 1. The van der Waals surface area contributed by atoms with Crippen molar-refractivity contribution in [3.05, 3.63) is 0 Å². The first-order valence-corrected chi connectivity index (χ1v) is 5.45. The van der Waals surface area contributed by atoms with Crippen LogP contribution in [0.25, 0.3) is 0 Å². The molecule has 1 aliphatic heterocycles. The van der Waals surface area contributed by atoms with Gasteiger partial charge in [-0.2, -0.15) is 0 Å². The lowest BCUT2D eigenvalue weighted by atomic mass is 9.81. The van der Waals surface area contributed by atoms with Crippen molar-refractivity contribution >= 4 is 5.91 Å². The van der Waals surface area contributed by atoms with Crippen molar-refractivity contribution in [3.8, 4) is 0 Å². The van der Waals surface area contributed by atoms with Gasteiger partial charge in [-0.3, -0.25) is 4.79 Å². The van der Waals surface area contributed by atoms with Crippen LogP contribution in [0.3, 0.4) is 0 Å². The first-order chi connectivity index (χ1) is 6.47. The van der Waals surface area contributed by atoms with Crippen LogP contribution in [0.15, 0.2) is 0 Å². The molecule has 0 spiro atoms. The smallest absolute Gasteiger partial charge is 0.229 e. The van der Waals surface area contributed by atoms with Crippen LogP contribution in [0.1, 0.15) is 33.6 Å². The van der Waals surface area contributed by atoms with E-state index in [1.54, 1.807) is 0 Å². The molecule has 1 atom stereocenters. The van der Waals surface area contributed by atoms with Crippen LogP contribution in [0.4, 0.5) is 0 Å². The topological polar surface area (TPSA) is 32.3 Å². The van der Waals surface area contributed by atoms with Crippen molar-refractivity contribution < 1.29 is 4.79 Å². The minimum Gasteiger partial charge on any atom is -0.343 e. The summed E-state index contributed by atoms with van der Waals surface area (Å²) in [7, 11) is 1.90. The second-order valence-corrected chi connectivity index (χ2v) is 4.85. The molecule has 1 unspecified atom stereocenters. The molecule has 14 heavy (non-hydrogen) atoms. The van der Waals surface area contributed by atoms with Gasteiger partial charge in [0.15, 0.2) is 0 Å². The molecular formula is C11H22N2O. The third kappa shape index (κ3) is 2.27. The van der Waals surface area contributed by atoms with E-state index in [-0.39, 0.29) is 11.3 Å². The molecule has 1 aliphatic rings. The summed E-state index contributed by atoms with van der Waals surface area (Å²) in [5.74, 6) is 0.278. The van der Waals surface area contributed by atoms with Crippen LogP contribution < -0.4 is 5.32 Å². The highest BCUT2D eigenvalue weighted by molar-refractivity contribution is 5.82. The Morgan fingerprint density at radius 2 is 2.14 bits per heavy atom. The lowest BCUT2D eigenvalue weighted by Crippen LogP contribution is -2.50. The maximum Gasteiger partial charge on any atom is 0.229 e. The summed E-state index contributed by atoms with van der Waals surface area (Å²) < 4.78 is 0. The molecule has 82 valence electrons. The van der Waals surface area contributed by atoms with Crippen molar-refractivity contribution in [3.63, 3.8) is 0 Å². The minimum absolute atomic E-state index is 0.183. The van der Waals surface area contributed by atoms with E-state index in [0.29, 0.717) is 6.04 Å². The maximum atomic E-state index is 12.1. The summed E-state index contributed by atoms with van der Waals surface area (Å²) in [4.78, 5) is 14.0. The first-order valence-electron chi connectivity index (χ1n) is 5.45. The Kier molecular flexibility index (Phi) is 3.53. The Morgan fingerprint density at radius 3 is 2.57 bits per heavy atom. The van der Waals surface area contributed by atoms with E-state index in [1.807, 2.05) is 11.9 Å². The Morgan fingerprint density at radius 1 is 1.50 bits per heavy atom. The third-order valence-corrected chi connectivity index (χ3v) is 3.21. The number of carbonyl (C=O) groups excluding carboxylic acids is 1. The first kappa shape index (κ1) is 11.5. The van der Waals surface area contributed by atoms with Crippen molar-refractivity contribution in [2.45, 2.75) is 39.7 Å². The second kappa shape index (κ2) is 4.30. The summed E-state index contributed by atoms with van der Waals surface area (Å²) in [6, 6.07) is 0.293. The zero-order valence-corrected chi connectivity index (χ0v) is 9.76. The molecule has 3 heteroatoms. The lowest BCUT2D eigenvalue weighted by Gasteiger charge is -2.37. The van der Waals surface area contributed by atoms with Crippen LogP contribution in [0, 0.1) is 5.41 Å². The fraction of sp³-hybridized carbons (Fsp3) is 0.909. The molecule has 0 bridgehead atoms. The van der Waals surface area contributed by atoms with E-state index in [2.05, 4.69) is 26.1 Å². The van der Waals surface area contributed by atoms with Crippen LogP contribution in [0.2, 0.25) is 0 Å². The average molecular weight is 198 g/mol. The van der Waals surface area contributed by atoms with E-state index in [4.69, 9.17) is 0 Å². The molecule has 3 nitrogen and oxygen atoms in total. The summed E-state index contributed by atoms with van der Waals surface area (Å²) in [5.41, 5.74) is -0.183. The Balaban J connectivity index is 2.66. The molecule has 0 aliphatic carbocycles. The molecule has 0 aromatic carbocycles. The highest BCUT2D eigenvalue weighted by atomic mass is 16.2. The summed E-state index contributed by atoms with van der Waals surface area (Å²) >= 11 is 0. The van der Waals surface area contributed by atoms with E-state index >= 15 is 0 Å². The molecule has 1 N–H and O–H groups in total. The fourth-order valence-electron chi connectivity index (χ4n) is 1.90. The highest BCUT2D eigenvalue weighted by Crippen LogP contribution is 2.28. The molecule has 0 radical (unpaired) electrons. The zero-order valence-electron chi connectivity index (χ0n) is 9.76. The summed E-state index contributed by atoms with van der Waals surface area (Å²) in [6.45, 7) is 8.05. The largest absolute Gasteiger partial charge is 0.343 e. The highest BCUT2D eigenvalue weighted by Gasteiger charge is 2.37. The molecule has 1 saturated heterocycles. The average Bonchev–Trinajstić information content (AvgIpc) is 2.16. The second-order valence-electron chi connectivity index (χ2n) is 4.85. The predicted molar refractivity (Wildman–Crippen MR) is 58.1 cm³/mol. The van der Waals surface area contributed by atoms with Gasteiger partial charge in [0.05, 0.1) is 5.41 Å². The lowest BCUT2D eigenvalue weighted by molar-refractivity contribution is -0.142. The SMILES string of the molecule is CC(C)N(C)C(=O)C1(C)CCCNC1. The summed E-state index contributed by atoms with van der Waals surface area (Å²) in [5, 5.41) is 3.30. The van der Waals surface area contributed by atoms with Gasteiger partial charge in [0.1, 0.15) is 0 Å². The number of amides is 1. The number of hydrogen-bond donors (Lipinski definition) is 1. The normalized spacial score (nSPS) is 27.8. The molecule has 1 fully saturated rings. The van der Waals surface area contributed by atoms with E-state index in [1.165, 1.54) is 0 Å². The number of nitrogens with zero attached hydrogens (tertiary/aromatic N) is 1. The van der Waals surface area contributed by atoms with Gasteiger partial charge in [0, 0.05) is 19.6 Å². The number of carbonyl (C=O) groups is 1. The minimum atomic E-state index is -0.183.